The molecule has 0 radical (unpaired) electrons. The van der Waals surface area contributed by atoms with Gasteiger partial charge < -0.3 is 9.84 Å². The maximum Gasteiger partial charge on any atom is 0.345 e. The van der Waals surface area contributed by atoms with E-state index < -0.39 is 18.0 Å². The van der Waals surface area contributed by atoms with Gasteiger partial charge in [-0.15, -0.1) is 0 Å². The van der Waals surface area contributed by atoms with Crippen LogP contribution in [0.1, 0.15) is 32.6 Å². The van der Waals surface area contributed by atoms with Crippen LogP contribution in [0.5, 0.6) is 0 Å². The average molecular weight is 200 g/mol. The number of unbranched alkanes of at least 4 members (excludes halogenated alkanes) is 2. The zero-order chi connectivity index (χ0) is 11.0. The predicted molar refractivity (Wildman–Crippen MR) is 51.9 cm³/mol. The minimum atomic E-state index is -1.10. The fraction of sp³-hybridized carbons (Fsp3) is 0.600. The van der Waals surface area contributed by atoms with Crippen LogP contribution in [0.15, 0.2) is 12.7 Å². The smallest absolute Gasteiger partial charge is 0.345 e. The third-order valence-corrected chi connectivity index (χ3v) is 1.77. The lowest BCUT2D eigenvalue weighted by Crippen LogP contribution is -2.26. The third-order valence-electron chi connectivity index (χ3n) is 1.77. The Morgan fingerprint density at radius 3 is 2.57 bits per heavy atom. The van der Waals surface area contributed by atoms with E-state index in [0.29, 0.717) is 6.42 Å². The van der Waals surface area contributed by atoms with E-state index in [4.69, 9.17) is 5.11 Å². The summed E-state index contributed by atoms with van der Waals surface area (Å²) in [6.07, 6.45) is 2.99. The molecule has 4 heteroatoms. The van der Waals surface area contributed by atoms with E-state index in [1.807, 2.05) is 6.92 Å². The fourth-order valence-corrected chi connectivity index (χ4v) is 1.00. The number of hydrogen-bond donors (Lipinski definition) is 1. The van der Waals surface area contributed by atoms with Crippen molar-refractivity contribution < 1.29 is 19.4 Å². The van der Waals surface area contributed by atoms with Gasteiger partial charge in [0.1, 0.15) is 0 Å². The van der Waals surface area contributed by atoms with Gasteiger partial charge in [-0.05, 0) is 12.8 Å². The summed E-state index contributed by atoms with van der Waals surface area (Å²) >= 11 is 0. The SMILES string of the molecule is C=CC(=O)OC(CCCCC)C(=O)O. The van der Waals surface area contributed by atoms with Crippen molar-refractivity contribution in [1.82, 2.24) is 0 Å². The molecule has 14 heavy (non-hydrogen) atoms. The molecular weight excluding hydrogens is 184 g/mol. The van der Waals surface area contributed by atoms with Gasteiger partial charge in [-0.2, -0.15) is 0 Å². The van der Waals surface area contributed by atoms with Gasteiger partial charge in [0.2, 0.25) is 0 Å². The summed E-state index contributed by atoms with van der Waals surface area (Å²) in [6.45, 7) is 5.22. The molecule has 0 saturated heterocycles. The zero-order valence-corrected chi connectivity index (χ0v) is 8.36. The van der Waals surface area contributed by atoms with Gasteiger partial charge in [-0.1, -0.05) is 26.3 Å². The number of aliphatic carboxylic acids is 1. The summed E-state index contributed by atoms with van der Waals surface area (Å²) in [4.78, 5) is 21.4. The first-order valence-corrected chi connectivity index (χ1v) is 4.67. The lowest BCUT2D eigenvalue weighted by Gasteiger charge is -2.11. The van der Waals surface area contributed by atoms with Gasteiger partial charge in [0, 0.05) is 6.08 Å². The lowest BCUT2D eigenvalue weighted by atomic mass is 10.1. The Morgan fingerprint density at radius 2 is 2.14 bits per heavy atom. The van der Waals surface area contributed by atoms with Gasteiger partial charge in [0.05, 0.1) is 0 Å². The highest BCUT2D eigenvalue weighted by Gasteiger charge is 2.19. The topological polar surface area (TPSA) is 63.6 Å². The van der Waals surface area contributed by atoms with Crippen LogP contribution in [0.25, 0.3) is 0 Å². The summed E-state index contributed by atoms with van der Waals surface area (Å²) in [5.41, 5.74) is 0. The van der Waals surface area contributed by atoms with Crippen LogP contribution in [-0.4, -0.2) is 23.1 Å². The Balaban J connectivity index is 3.96. The predicted octanol–water partition coefficient (Wildman–Crippen LogP) is 1.75. The van der Waals surface area contributed by atoms with Crippen molar-refractivity contribution in [2.24, 2.45) is 0 Å². The summed E-state index contributed by atoms with van der Waals surface area (Å²) in [5.74, 6) is -1.79. The highest BCUT2D eigenvalue weighted by molar-refractivity contribution is 5.84. The molecule has 0 aliphatic rings. The number of hydrogen-bond acceptors (Lipinski definition) is 3. The van der Waals surface area contributed by atoms with Gasteiger partial charge in [0.15, 0.2) is 6.10 Å². The number of carboxylic acids is 1. The summed E-state index contributed by atoms with van der Waals surface area (Å²) in [5, 5.41) is 8.71. The van der Waals surface area contributed by atoms with Crippen molar-refractivity contribution in [3.05, 3.63) is 12.7 Å². The van der Waals surface area contributed by atoms with Gasteiger partial charge in [-0.3, -0.25) is 0 Å². The first kappa shape index (κ1) is 12.7. The van der Waals surface area contributed by atoms with Gasteiger partial charge in [-0.25, -0.2) is 9.59 Å². The molecule has 0 aliphatic heterocycles. The first-order valence-electron chi connectivity index (χ1n) is 4.67. The summed E-state index contributed by atoms with van der Waals surface area (Å²) in [7, 11) is 0. The zero-order valence-electron chi connectivity index (χ0n) is 8.36. The van der Waals surface area contributed by atoms with E-state index in [1.54, 1.807) is 0 Å². The third kappa shape index (κ3) is 5.35. The molecule has 0 heterocycles. The van der Waals surface area contributed by atoms with Crippen LogP contribution in [0, 0.1) is 0 Å². The first-order chi connectivity index (χ1) is 6.61. The highest BCUT2D eigenvalue weighted by Crippen LogP contribution is 2.07. The largest absolute Gasteiger partial charge is 0.479 e. The van der Waals surface area contributed by atoms with E-state index in [9.17, 15) is 9.59 Å². The van der Waals surface area contributed by atoms with Crippen LogP contribution >= 0.6 is 0 Å². The van der Waals surface area contributed by atoms with Crippen molar-refractivity contribution in [1.29, 1.82) is 0 Å². The van der Waals surface area contributed by atoms with Gasteiger partial charge in [0.25, 0.3) is 0 Å². The maximum atomic E-state index is 10.8. The fourth-order valence-electron chi connectivity index (χ4n) is 1.00. The van der Waals surface area contributed by atoms with Gasteiger partial charge >= 0.3 is 11.9 Å². The normalized spacial score (nSPS) is 11.8. The van der Waals surface area contributed by atoms with Crippen LogP contribution in [-0.2, 0) is 14.3 Å². The molecule has 0 aliphatic carbocycles. The highest BCUT2D eigenvalue weighted by atomic mass is 16.6. The maximum absolute atomic E-state index is 10.8. The molecule has 80 valence electrons. The number of esters is 1. The van der Waals surface area contributed by atoms with Crippen molar-refractivity contribution in [3.8, 4) is 0 Å². The van der Waals surface area contributed by atoms with E-state index >= 15 is 0 Å². The second-order valence-corrected chi connectivity index (χ2v) is 2.96. The Morgan fingerprint density at radius 1 is 1.50 bits per heavy atom. The number of ether oxygens (including phenoxy) is 1. The molecule has 4 nitrogen and oxygen atoms in total. The van der Waals surface area contributed by atoms with Crippen molar-refractivity contribution >= 4 is 11.9 Å². The van der Waals surface area contributed by atoms with E-state index in [-0.39, 0.29) is 0 Å². The molecule has 1 atom stereocenters. The summed E-state index contributed by atoms with van der Waals surface area (Å²) < 4.78 is 4.65. The van der Waals surface area contributed by atoms with Crippen molar-refractivity contribution in [3.63, 3.8) is 0 Å². The molecule has 1 unspecified atom stereocenters. The van der Waals surface area contributed by atoms with Crippen molar-refractivity contribution in [2.75, 3.05) is 0 Å². The second-order valence-electron chi connectivity index (χ2n) is 2.96. The summed E-state index contributed by atoms with van der Waals surface area (Å²) in [6, 6.07) is 0. The number of rotatable bonds is 7. The van der Waals surface area contributed by atoms with E-state index in [1.165, 1.54) is 0 Å². The lowest BCUT2D eigenvalue weighted by molar-refractivity contribution is -0.161. The van der Waals surface area contributed by atoms with Crippen LogP contribution < -0.4 is 0 Å². The Hall–Kier alpha value is -1.32. The Bertz CT molecular complexity index is 210. The molecule has 1 N–H and O–H groups in total. The molecular formula is C10H16O4. The minimum absolute atomic E-state index is 0.364. The molecule has 0 spiro atoms. The van der Waals surface area contributed by atoms with Crippen molar-refractivity contribution in [2.45, 2.75) is 38.7 Å². The second kappa shape index (κ2) is 7.12. The average Bonchev–Trinajstić information content (AvgIpc) is 2.16. The quantitative estimate of drug-likeness (QED) is 0.386. The monoisotopic (exact) mass is 200 g/mol. The number of carboxylic acid groups (broad SMARTS) is 1. The standard InChI is InChI=1S/C10H16O4/c1-3-5-6-7-8(10(12)13)14-9(11)4-2/h4,8H,2-3,5-7H2,1H3,(H,12,13). The Kier molecular flexibility index (Phi) is 6.45. The molecule has 0 saturated carbocycles. The van der Waals surface area contributed by atoms with Crippen LogP contribution in [0.2, 0.25) is 0 Å². The molecule has 0 amide bonds. The molecule has 0 aromatic heterocycles. The van der Waals surface area contributed by atoms with Crippen LogP contribution in [0.3, 0.4) is 0 Å². The number of carbonyl (C=O) groups excluding carboxylic acids is 1. The molecule has 0 rings (SSSR count). The van der Waals surface area contributed by atoms with Crippen LogP contribution in [0.4, 0.5) is 0 Å². The van der Waals surface area contributed by atoms with E-state index in [2.05, 4.69) is 11.3 Å². The molecule has 0 bridgehead atoms. The molecule has 0 fully saturated rings. The van der Waals surface area contributed by atoms with E-state index in [0.717, 1.165) is 25.3 Å². The Labute approximate surface area is 83.6 Å². The minimum Gasteiger partial charge on any atom is -0.479 e. The molecule has 0 aromatic rings. The number of carbonyl (C=O) groups is 2. The molecule has 0 aromatic carbocycles.